The number of alkyl halides is 3. The van der Waals surface area contributed by atoms with Gasteiger partial charge < -0.3 is 15.2 Å². The molecule has 1 aromatic rings. The smallest absolute Gasteiger partial charge is 0.417 e. The zero-order valence-electron chi connectivity index (χ0n) is 11.4. The van der Waals surface area contributed by atoms with E-state index in [9.17, 15) is 18.0 Å². The van der Waals surface area contributed by atoms with Crippen LogP contribution in [0.4, 0.5) is 18.9 Å². The molecule has 2 rings (SSSR count). The van der Waals surface area contributed by atoms with Crippen LogP contribution >= 0.6 is 0 Å². The van der Waals surface area contributed by atoms with E-state index in [0.717, 1.165) is 18.6 Å². The number of halogens is 3. The first-order chi connectivity index (χ1) is 9.79. The number of carboxylic acids is 1. The molecule has 4 nitrogen and oxygen atoms in total. The number of anilines is 1. The molecule has 0 bridgehead atoms. The average molecular weight is 303 g/mol. The Labute approximate surface area is 119 Å². The second-order valence-corrected chi connectivity index (χ2v) is 5.07. The van der Waals surface area contributed by atoms with Gasteiger partial charge in [-0.15, -0.1) is 0 Å². The lowest BCUT2D eigenvalue weighted by molar-refractivity contribution is -0.138. The molecule has 0 radical (unpaired) electrons. The number of ether oxygens (including phenoxy) is 1. The van der Waals surface area contributed by atoms with Crippen LogP contribution < -0.4 is 5.32 Å². The van der Waals surface area contributed by atoms with Crippen LogP contribution in [0.5, 0.6) is 0 Å². The molecule has 2 unspecified atom stereocenters. The van der Waals surface area contributed by atoms with Gasteiger partial charge in [-0.25, -0.2) is 4.79 Å². The lowest BCUT2D eigenvalue weighted by Gasteiger charge is -2.17. The fourth-order valence-corrected chi connectivity index (χ4v) is 2.37. The number of nitrogens with one attached hydrogen (secondary N) is 1. The maximum Gasteiger partial charge on any atom is 0.417 e. The first-order valence-corrected chi connectivity index (χ1v) is 6.59. The second kappa shape index (κ2) is 5.93. The summed E-state index contributed by atoms with van der Waals surface area (Å²) in [4.78, 5) is 10.9. The minimum absolute atomic E-state index is 0.0675. The molecule has 116 valence electrons. The molecular weight excluding hydrogens is 287 g/mol. The van der Waals surface area contributed by atoms with E-state index in [1.807, 2.05) is 6.92 Å². The highest BCUT2D eigenvalue weighted by Crippen LogP contribution is 2.34. The fourth-order valence-electron chi connectivity index (χ4n) is 2.37. The summed E-state index contributed by atoms with van der Waals surface area (Å²) in [5.41, 5.74) is -1.63. The Morgan fingerprint density at radius 3 is 2.71 bits per heavy atom. The van der Waals surface area contributed by atoms with E-state index in [1.54, 1.807) is 0 Å². The third-order valence-electron chi connectivity index (χ3n) is 3.66. The highest BCUT2D eigenvalue weighted by Gasteiger charge is 2.35. The number of benzene rings is 1. The van der Waals surface area contributed by atoms with Gasteiger partial charge in [-0.05, 0) is 31.5 Å². The Hall–Kier alpha value is -1.76. The highest BCUT2D eigenvalue weighted by molar-refractivity contribution is 5.90. The summed E-state index contributed by atoms with van der Waals surface area (Å²) in [5, 5.41) is 11.7. The molecule has 0 aliphatic carbocycles. The number of hydrogen-bond donors (Lipinski definition) is 2. The van der Waals surface area contributed by atoms with Crippen molar-refractivity contribution in [2.75, 3.05) is 18.5 Å². The van der Waals surface area contributed by atoms with E-state index in [1.165, 1.54) is 6.07 Å². The molecular formula is C14H16F3NO3. The summed E-state index contributed by atoms with van der Waals surface area (Å²) in [6.07, 6.45) is -3.78. The van der Waals surface area contributed by atoms with E-state index >= 15 is 0 Å². The number of hydrogen-bond acceptors (Lipinski definition) is 3. The molecule has 0 amide bonds. The largest absolute Gasteiger partial charge is 0.478 e. The molecule has 7 heteroatoms. The summed E-state index contributed by atoms with van der Waals surface area (Å²) in [6, 6.07) is 3.16. The number of carboxylic acid groups (broad SMARTS) is 1. The third-order valence-corrected chi connectivity index (χ3v) is 3.66. The molecule has 1 aromatic carbocycles. The first-order valence-electron chi connectivity index (χ1n) is 6.59. The first kappa shape index (κ1) is 15.6. The SMILES string of the molecule is CC1OCCC1CNc1ccc(C(=O)O)c(C(F)(F)F)c1. The van der Waals surface area contributed by atoms with Crippen LogP contribution in [0.1, 0.15) is 29.3 Å². The van der Waals surface area contributed by atoms with Crippen molar-refractivity contribution in [1.29, 1.82) is 0 Å². The van der Waals surface area contributed by atoms with Crippen LogP contribution in [0.15, 0.2) is 18.2 Å². The van der Waals surface area contributed by atoms with E-state index < -0.39 is 23.3 Å². The maximum absolute atomic E-state index is 12.9. The standard InChI is InChI=1S/C14H16F3NO3/c1-8-9(4-5-21-8)7-18-10-2-3-11(13(19)20)12(6-10)14(15,16)17/h2-3,6,8-9,18H,4-5,7H2,1H3,(H,19,20). The van der Waals surface area contributed by atoms with Crippen molar-refractivity contribution < 1.29 is 27.8 Å². The van der Waals surface area contributed by atoms with Crippen LogP contribution in [0, 0.1) is 5.92 Å². The van der Waals surface area contributed by atoms with E-state index in [0.29, 0.717) is 13.2 Å². The molecule has 0 aromatic heterocycles. The third kappa shape index (κ3) is 3.66. The average Bonchev–Trinajstić information content (AvgIpc) is 2.80. The van der Waals surface area contributed by atoms with Gasteiger partial charge in [0.25, 0.3) is 0 Å². The van der Waals surface area contributed by atoms with Crippen LogP contribution in [0.2, 0.25) is 0 Å². The molecule has 1 saturated heterocycles. The normalized spacial score (nSPS) is 22.3. The predicted octanol–water partition coefficient (Wildman–Crippen LogP) is 3.24. The van der Waals surface area contributed by atoms with E-state index in [-0.39, 0.29) is 17.7 Å². The van der Waals surface area contributed by atoms with Gasteiger partial charge in [0.15, 0.2) is 0 Å². The number of rotatable bonds is 4. The number of aromatic carboxylic acids is 1. The molecule has 2 N–H and O–H groups in total. The van der Waals surface area contributed by atoms with Crippen molar-refractivity contribution in [1.82, 2.24) is 0 Å². The topological polar surface area (TPSA) is 58.6 Å². The van der Waals surface area contributed by atoms with Gasteiger partial charge in [0, 0.05) is 24.8 Å². The lowest BCUT2D eigenvalue weighted by Crippen LogP contribution is -2.21. The van der Waals surface area contributed by atoms with Gasteiger partial charge in [0.2, 0.25) is 0 Å². The molecule has 21 heavy (non-hydrogen) atoms. The van der Waals surface area contributed by atoms with Crippen molar-refractivity contribution in [2.24, 2.45) is 5.92 Å². The van der Waals surface area contributed by atoms with E-state index in [2.05, 4.69) is 5.32 Å². The maximum atomic E-state index is 12.9. The Balaban J connectivity index is 2.16. The highest BCUT2D eigenvalue weighted by atomic mass is 19.4. The van der Waals surface area contributed by atoms with Crippen molar-refractivity contribution in [2.45, 2.75) is 25.6 Å². The Morgan fingerprint density at radius 1 is 1.48 bits per heavy atom. The summed E-state index contributed by atoms with van der Waals surface area (Å²) in [5.74, 6) is -1.36. The molecule has 1 aliphatic heterocycles. The Bertz CT molecular complexity index is 531. The minimum Gasteiger partial charge on any atom is -0.478 e. The molecule has 0 saturated carbocycles. The Kier molecular flexibility index (Phi) is 4.41. The van der Waals surface area contributed by atoms with Gasteiger partial charge in [-0.2, -0.15) is 13.2 Å². The monoisotopic (exact) mass is 303 g/mol. The molecule has 0 spiro atoms. The second-order valence-electron chi connectivity index (χ2n) is 5.07. The molecule has 1 heterocycles. The molecule has 1 aliphatic rings. The van der Waals surface area contributed by atoms with E-state index in [4.69, 9.17) is 9.84 Å². The summed E-state index contributed by atoms with van der Waals surface area (Å²) in [6.45, 7) is 3.07. The van der Waals surface area contributed by atoms with Crippen LogP contribution in [0.25, 0.3) is 0 Å². The van der Waals surface area contributed by atoms with Crippen LogP contribution in [-0.4, -0.2) is 30.3 Å². The summed E-state index contributed by atoms with van der Waals surface area (Å²) >= 11 is 0. The van der Waals surface area contributed by atoms with Crippen molar-refractivity contribution in [3.8, 4) is 0 Å². The van der Waals surface area contributed by atoms with Crippen molar-refractivity contribution >= 4 is 11.7 Å². The van der Waals surface area contributed by atoms with Crippen LogP contribution in [0.3, 0.4) is 0 Å². The zero-order valence-corrected chi connectivity index (χ0v) is 11.4. The summed E-state index contributed by atoms with van der Waals surface area (Å²) in [7, 11) is 0. The van der Waals surface area contributed by atoms with Gasteiger partial charge >= 0.3 is 12.1 Å². The molecule has 2 atom stereocenters. The Morgan fingerprint density at radius 2 is 2.19 bits per heavy atom. The van der Waals surface area contributed by atoms with Gasteiger partial charge in [-0.1, -0.05) is 0 Å². The van der Waals surface area contributed by atoms with Crippen molar-refractivity contribution in [3.63, 3.8) is 0 Å². The summed E-state index contributed by atoms with van der Waals surface area (Å²) < 4.78 is 44.0. The molecule has 1 fully saturated rings. The zero-order chi connectivity index (χ0) is 15.6. The van der Waals surface area contributed by atoms with Gasteiger partial charge in [0.05, 0.1) is 17.2 Å². The van der Waals surface area contributed by atoms with Crippen molar-refractivity contribution in [3.05, 3.63) is 29.3 Å². The quantitative estimate of drug-likeness (QED) is 0.896. The van der Waals surface area contributed by atoms with Gasteiger partial charge in [-0.3, -0.25) is 0 Å². The van der Waals surface area contributed by atoms with Gasteiger partial charge in [0.1, 0.15) is 0 Å². The predicted molar refractivity (Wildman–Crippen MR) is 70.4 cm³/mol. The lowest BCUT2D eigenvalue weighted by atomic mass is 10.0. The fraction of sp³-hybridized carbons (Fsp3) is 0.500. The number of carbonyl (C=O) groups is 1. The minimum atomic E-state index is -4.70. The van der Waals surface area contributed by atoms with Crippen LogP contribution in [-0.2, 0) is 10.9 Å².